The van der Waals surface area contributed by atoms with Gasteiger partial charge in [0.1, 0.15) is 0 Å². The van der Waals surface area contributed by atoms with Crippen molar-refractivity contribution < 1.29 is 9.90 Å². The molecule has 1 amide bonds. The van der Waals surface area contributed by atoms with Crippen LogP contribution in [0.3, 0.4) is 0 Å². The van der Waals surface area contributed by atoms with Gasteiger partial charge >= 0.3 is 0 Å². The number of nitrogen functional groups attached to an aromatic ring is 1. The summed E-state index contributed by atoms with van der Waals surface area (Å²) in [5.74, 6) is 0.0460. The van der Waals surface area contributed by atoms with Gasteiger partial charge < -0.3 is 21.5 Å². The van der Waals surface area contributed by atoms with E-state index in [0.29, 0.717) is 18.2 Å². The number of carbonyl (C=O) groups is 1. The molecular weight excluding hydrogens is 230 g/mol. The quantitative estimate of drug-likeness (QED) is 0.589. The lowest BCUT2D eigenvalue weighted by Crippen LogP contribution is -2.39. The Hall–Kier alpha value is -1.75. The molecule has 2 aliphatic rings. The van der Waals surface area contributed by atoms with Crippen LogP contribution < -0.4 is 16.4 Å². The maximum Gasteiger partial charge on any atom is 0.224 e. The summed E-state index contributed by atoms with van der Waals surface area (Å²) in [5.41, 5.74) is 9.46. The van der Waals surface area contributed by atoms with Crippen LogP contribution >= 0.6 is 0 Å². The Morgan fingerprint density at radius 2 is 2.11 bits per heavy atom. The number of rotatable bonds is 2. The number of fused-ring (bicyclic) bond motifs is 1. The Kier molecular flexibility index (Phi) is 2.63. The van der Waals surface area contributed by atoms with E-state index in [-0.39, 0.29) is 12.0 Å². The number of aliphatic hydroxyl groups is 1. The van der Waals surface area contributed by atoms with Gasteiger partial charge in [0.2, 0.25) is 5.91 Å². The first-order valence-electron chi connectivity index (χ1n) is 6.28. The first kappa shape index (κ1) is 11.3. The third-order valence-corrected chi connectivity index (χ3v) is 3.64. The van der Waals surface area contributed by atoms with Gasteiger partial charge in [-0.05, 0) is 37.0 Å². The SMILES string of the molecule is Nc1cc2c(cc1NC1CC(O)C1)CCC(=O)N2. The first-order valence-corrected chi connectivity index (χ1v) is 6.28. The number of aryl methyl sites for hydroxylation is 1. The maximum atomic E-state index is 11.3. The van der Waals surface area contributed by atoms with Crippen molar-refractivity contribution in [1.82, 2.24) is 0 Å². The van der Waals surface area contributed by atoms with E-state index < -0.39 is 0 Å². The van der Waals surface area contributed by atoms with Gasteiger partial charge in [-0.2, -0.15) is 0 Å². The standard InChI is InChI=1S/C13H17N3O2/c14-10-6-11-7(1-2-13(18)16-11)3-12(10)15-8-4-9(17)5-8/h3,6,8-9,15,17H,1-2,4-5,14H2,(H,16,18). The molecule has 1 aliphatic carbocycles. The fourth-order valence-electron chi connectivity index (χ4n) is 2.50. The zero-order valence-electron chi connectivity index (χ0n) is 10.1. The number of carbonyl (C=O) groups excluding carboxylic acids is 1. The van der Waals surface area contributed by atoms with Gasteiger partial charge in [0.25, 0.3) is 0 Å². The van der Waals surface area contributed by atoms with Crippen molar-refractivity contribution in [3.63, 3.8) is 0 Å². The molecular formula is C13H17N3O2. The zero-order chi connectivity index (χ0) is 12.7. The molecule has 5 heteroatoms. The van der Waals surface area contributed by atoms with Crippen LogP contribution in [0.1, 0.15) is 24.8 Å². The molecule has 1 aromatic rings. The maximum absolute atomic E-state index is 11.3. The van der Waals surface area contributed by atoms with Crippen LogP contribution in [0.25, 0.3) is 0 Å². The highest BCUT2D eigenvalue weighted by Gasteiger charge is 2.27. The van der Waals surface area contributed by atoms with Crippen LogP contribution in [-0.2, 0) is 11.2 Å². The molecule has 0 saturated heterocycles. The van der Waals surface area contributed by atoms with Crippen molar-refractivity contribution in [2.24, 2.45) is 0 Å². The van der Waals surface area contributed by atoms with E-state index in [2.05, 4.69) is 10.6 Å². The molecule has 0 spiro atoms. The summed E-state index contributed by atoms with van der Waals surface area (Å²) in [6.07, 6.45) is 2.64. The number of hydrogen-bond acceptors (Lipinski definition) is 4. The van der Waals surface area contributed by atoms with Crippen LogP contribution in [0.5, 0.6) is 0 Å². The highest BCUT2D eigenvalue weighted by molar-refractivity contribution is 5.95. The average Bonchev–Trinajstić information content (AvgIpc) is 2.28. The van der Waals surface area contributed by atoms with E-state index in [1.165, 1.54) is 0 Å². The fraction of sp³-hybridized carbons (Fsp3) is 0.462. The van der Waals surface area contributed by atoms with Gasteiger partial charge in [-0.15, -0.1) is 0 Å². The van der Waals surface area contributed by atoms with E-state index in [1.807, 2.05) is 12.1 Å². The predicted molar refractivity (Wildman–Crippen MR) is 70.5 cm³/mol. The third kappa shape index (κ3) is 2.01. The van der Waals surface area contributed by atoms with Crippen LogP contribution in [-0.4, -0.2) is 23.2 Å². The van der Waals surface area contributed by atoms with Crippen molar-refractivity contribution in [3.05, 3.63) is 17.7 Å². The van der Waals surface area contributed by atoms with Crippen molar-refractivity contribution in [3.8, 4) is 0 Å². The molecule has 1 aliphatic heterocycles. The molecule has 96 valence electrons. The molecule has 0 unspecified atom stereocenters. The third-order valence-electron chi connectivity index (χ3n) is 3.64. The van der Waals surface area contributed by atoms with Crippen molar-refractivity contribution in [1.29, 1.82) is 0 Å². The first-order chi connectivity index (χ1) is 8.61. The lowest BCUT2D eigenvalue weighted by Gasteiger charge is -2.33. The Morgan fingerprint density at radius 1 is 1.33 bits per heavy atom. The second-order valence-corrected chi connectivity index (χ2v) is 5.11. The normalized spacial score (nSPS) is 25.9. The topological polar surface area (TPSA) is 87.4 Å². The minimum Gasteiger partial charge on any atom is -0.397 e. The lowest BCUT2D eigenvalue weighted by atomic mass is 9.89. The van der Waals surface area contributed by atoms with Crippen LogP contribution in [0.15, 0.2) is 12.1 Å². The van der Waals surface area contributed by atoms with Crippen molar-refractivity contribution >= 4 is 23.0 Å². The molecule has 5 N–H and O–H groups in total. The average molecular weight is 247 g/mol. The molecule has 5 nitrogen and oxygen atoms in total. The van der Waals surface area contributed by atoms with E-state index in [0.717, 1.165) is 36.2 Å². The predicted octanol–water partition coefficient (Wildman–Crippen LogP) is 1.09. The fourth-order valence-corrected chi connectivity index (χ4v) is 2.50. The molecule has 3 rings (SSSR count). The van der Waals surface area contributed by atoms with Crippen LogP contribution in [0, 0.1) is 0 Å². The number of anilines is 3. The van der Waals surface area contributed by atoms with Gasteiger partial charge in [-0.3, -0.25) is 4.79 Å². The van der Waals surface area contributed by atoms with Crippen molar-refractivity contribution in [2.75, 3.05) is 16.4 Å². The molecule has 1 fully saturated rings. The summed E-state index contributed by atoms with van der Waals surface area (Å²) < 4.78 is 0. The number of amides is 1. The molecule has 18 heavy (non-hydrogen) atoms. The largest absolute Gasteiger partial charge is 0.397 e. The Bertz CT molecular complexity index is 495. The van der Waals surface area contributed by atoms with E-state index in [1.54, 1.807) is 0 Å². The molecule has 0 atom stereocenters. The van der Waals surface area contributed by atoms with Crippen molar-refractivity contribution in [2.45, 2.75) is 37.8 Å². The molecule has 0 aromatic heterocycles. The Balaban J connectivity index is 1.81. The summed E-state index contributed by atoms with van der Waals surface area (Å²) in [5, 5.41) is 15.4. The summed E-state index contributed by atoms with van der Waals surface area (Å²) in [6, 6.07) is 4.12. The summed E-state index contributed by atoms with van der Waals surface area (Å²) >= 11 is 0. The van der Waals surface area contributed by atoms with Gasteiger partial charge in [-0.1, -0.05) is 0 Å². The number of aliphatic hydroxyl groups excluding tert-OH is 1. The molecule has 0 bridgehead atoms. The van der Waals surface area contributed by atoms with Crippen LogP contribution in [0.2, 0.25) is 0 Å². The Morgan fingerprint density at radius 3 is 2.83 bits per heavy atom. The molecule has 0 radical (unpaired) electrons. The summed E-state index contributed by atoms with van der Waals surface area (Å²) in [7, 11) is 0. The minimum atomic E-state index is -0.180. The van der Waals surface area contributed by atoms with E-state index in [9.17, 15) is 9.90 Å². The monoisotopic (exact) mass is 247 g/mol. The number of nitrogens with one attached hydrogen (secondary N) is 2. The van der Waals surface area contributed by atoms with Gasteiger partial charge in [-0.25, -0.2) is 0 Å². The van der Waals surface area contributed by atoms with Gasteiger partial charge in [0, 0.05) is 18.2 Å². The highest BCUT2D eigenvalue weighted by Crippen LogP contribution is 2.33. The Labute approximate surface area is 105 Å². The highest BCUT2D eigenvalue weighted by atomic mass is 16.3. The van der Waals surface area contributed by atoms with Gasteiger partial charge in [0.15, 0.2) is 0 Å². The number of benzene rings is 1. The number of hydrogen-bond donors (Lipinski definition) is 4. The second-order valence-electron chi connectivity index (χ2n) is 5.11. The summed E-state index contributed by atoms with van der Waals surface area (Å²) in [6.45, 7) is 0. The van der Waals surface area contributed by atoms with E-state index >= 15 is 0 Å². The lowest BCUT2D eigenvalue weighted by molar-refractivity contribution is -0.116. The van der Waals surface area contributed by atoms with Crippen LogP contribution in [0.4, 0.5) is 17.1 Å². The van der Waals surface area contributed by atoms with E-state index in [4.69, 9.17) is 5.73 Å². The zero-order valence-corrected chi connectivity index (χ0v) is 10.1. The molecule has 1 saturated carbocycles. The molecule has 1 aromatic carbocycles. The number of nitrogens with two attached hydrogens (primary N) is 1. The second kappa shape index (κ2) is 4.17. The van der Waals surface area contributed by atoms with Gasteiger partial charge in [0.05, 0.1) is 17.5 Å². The molecule has 1 heterocycles. The minimum absolute atomic E-state index is 0.0460. The summed E-state index contributed by atoms with van der Waals surface area (Å²) in [4.78, 5) is 11.3. The smallest absolute Gasteiger partial charge is 0.224 e.